The van der Waals surface area contributed by atoms with Gasteiger partial charge in [-0.25, -0.2) is 0 Å². The van der Waals surface area contributed by atoms with Gasteiger partial charge in [-0.15, -0.1) is 0 Å². The molecule has 1 aromatic heterocycles. The van der Waals surface area contributed by atoms with Gasteiger partial charge >= 0.3 is 0 Å². The van der Waals surface area contributed by atoms with E-state index in [-0.39, 0.29) is 5.41 Å². The second-order valence-corrected chi connectivity index (χ2v) is 16.5. The minimum absolute atomic E-state index is 0.0304. The smallest absolute Gasteiger partial charge is 0.136 e. The second kappa shape index (κ2) is 12.0. The standard InChI is InChI=1S/C52H41NO2/c1-2-10-36(11-3-1)42-12-4-7-15-47(42)53(40-21-18-35(19-22-40)37-20-24-44-43-13-5-8-16-48(43)54-51(44)31-37)41-23-25-50-46(32-41)52(45-14-6-9-17-49(45)55-50)38-27-33-26-34(29-38)30-39(52)28-33/h1-25,31-34,38-39H,26-30H2. The Morgan fingerprint density at radius 2 is 1.11 bits per heavy atom. The van der Waals surface area contributed by atoms with Crippen LogP contribution in [-0.2, 0) is 5.41 Å². The molecule has 3 nitrogen and oxygen atoms in total. The van der Waals surface area contributed by atoms with Gasteiger partial charge in [0.05, 0.1) is 5.69 Å². The Kier molecular flexibility index (Phi) is 6.81. The van der Waals surface area contributed by atoms with E-state index in [1.807, 2.05) is 12.1 Å². The van der Waals surface area contributed by atoms with Crippen molar-refractivity contribution in [2.75, 3.05) is 4.90 Å². The lowest BCUT2D eigenvalue weighted by molar-refractivity contribution is -0.0452. The second-order valence-electron chi connectivity index (χ2n) is 16.5. The molecule has 4 saturated carbocycles. The highest BCUT2D eigenvalue weighted by Gasteiger charge is 2.61. The van der Waals surface area contributed by atoms with Crippen LogP contribution in [0.25, 0.3) is 44.2 Å². The number of rotatable bonds is 5. The summed E-state index contributed by atoms with van der Waals surface area (Å²) in [6.45, 7) is 0. The zero-order chi connectivity index (χ0) is 36.1. The van der Waals surface area contributed by atoms with E-state index in [0.29, 0.717) is 11.8 Å². The van der Waals surface area contributed by atoms with Crippen LogP contribution < -0.4 is 9.64 Å². The average Bonchev–Trinajstić information content (AvgIpc) is 3.61. The van der Waals surface area contributed by atoms with E-state index in [9.17, 15) is 0 Å². The molecule has 0 N–H and O–H groups in total. The summed E-state index contributed by atoms with van der Waals surface area (Å²) < 4.78 is 13.1. The number of benzene rings is 7. The number of anilines is 3. The number of nitrogens with zero attached hydrogens (tertiary/aromatic N) is 1. The van der Waals surface area contributed by atoms with Crippen molar-refractivity contribution in [2.24, 2.45) is 23.7 Å². The van der Waals surface area contributed by atoms with Crippen molar-refractivity contribution in [1.82, 2.24) is 0 Å². The largest absolute Gasteiger partial charge is 0.457 e. The maximum atomic E-state index is 6.84. The van der Waals surface area contributed by atoms with Crippen molar-refractivity contribution in [3.05, 3.63) is 175 Å². The Morgan fingerprint density at radius 1 is 0.455 bits per heavy atom. The molecule has 13 rings (SSSR count). The molecule has 3 heteroatoms. The van der Waals surface area contributed by atoms with Crippen molar-refractivity contribution in [3.8, 4) is 33.8 Å². The molecule has 0 saturated heterocycles. The van der Waals surface area contributed by atoms with Crippen LogP contribution in [0.2, 0.25) is 0 Å². The lowest BCUT2D eigenvalue weighted by Gasteiger charge is -2.63. The first-order chi connectivity index (χ1) is 27.2. The SMILES string of the molecule is c1ccc(-c2ccccc2N(c2ccc(-c3ccc4c(c3)oc3ccccc34)cc2)c2ccc3c(c2)C2(c4ccccc4O3)C3CC4CC(C3)CC2C4)cc1. The van der Waals surface area contributed by atoms with Crippen LogP contribution in [0.1, 0.15) is 43.2 Å². The first kappa shape index (κ1) is 31.3. The fraction of sp³-hybridized carbons (Fsp3) is 0.192. The van der Waals surface area contributed by atoms with Gasteiger partial charge in [0.1, 0.15) is 22.7 Å². The topological polar surface area (TPSA) is 25.6 Å². The molecule has 7 aromatic carbocycles. The summed E-state index contributed by atoms with van der Waals surface area (Å²) in [6, 6.07) is 59.6. The molecule has 4 fully saturated rings. The molecule has 8 aromatic rings. The quantitative estimate of drug-likeness (QED) is 0.178. The van der Waals surface area contributed by atoms with Crippen molar-refractivity contribution in [3.63, 3.8) is 0 Å². The van der Waals surface area contributed by atoms with Crippen molar-refractivity contribution >= 4 is 39.0 Å². The lowest BCUT2D eigenvalue weighted by atomic mass is 9.42. The summed E-state index contributed by atoms with van der Waals surface area (Å²) in [6.07, 6.45) is 6.74. The number of para-hydroxylation sites is 3. The van der Waals surface area contributed by atoms with Crippen LogP contribution in [-0.4, -0.2) is 0 Å². The highest BCUT2D eigenvalue weighted by molar-refractivity contribution is 6.06. The predicted molar refractivity (Wildman–Crippen MR) is 224 cm³/mol. The van der Waals surface area contributed by atoms with Crippen molar-refractivity contribution in [1.29, 1.82) is 0 Å². The molecule has 1 spiro atoms. The van der Waals surface area contributed by atoms with E-state index >= 15 is 0 Å². The van der Waals surface area contributed by atoms with E-state index in [2.05, 4.69) is 157 Å². The third kappa shape index (κ3) is 4.69. The number of hydrogen-bond donors (Lipinski definition) is 0. The zero-order valence-electron chi connectivity index (χ0n) is 30.7. The zero-order valence-corrected chi connectivity index (χ0v) is 30.7. The molecule has 4 bridgehead atoms. The first-order valence-corrected chi connectivity index (χ1v) is 20.1. The highest BCUT2D eigenvalue weighted by Crippen LogP contribution is 2.69. The summed E-state index contributed by atoms with van der Waals surface area (Å²) in [4.78, 5) is 2.47. The van der Waals surface area contributed by atoms with E-state index in [1.54, 1.807) is 0 Å². The molecule has 0 radical (unpaired) electrons. The lowest BCUT2D eigenvalue weighted by Crippen LogP contribution is -2.57. The van der Waals surface area contributed by atoms with Crippen LogP contribution in [0.5, 0.6) is 11.5 Å². The Morgan fingerprint density at radius 3 is 1.95 bits per heavy atom. The Balaban J connectivity index is 1.02. The summed E-state index contributed by atoms with van der Waals surface area (Å²) in [5.74, 6) is 5.10. The van der Waals surface area contributed by atoms with E-state index < -0.39 is 0 Å². The van der Waals surface area contributed by atoms with Crippen LogP contribution in [0.4, 0.5) is 17.1 Å². The van der Waals surface area contributed by atoms with Crippen LogP contribution in [0, 0.1) is 23.7 Å². The summed E-state index contributed by atoms with van der Waals surface area (Å²) in [5, 5.41) is 2.30. The average molecular weight is 712 g/mol. The van der Waals surface area contributed by atoms with Crippen LogP contribution >= 0.6 is 0 Å². The molecule has 266 valence electrons. The monoisotopic (exact) mass is 711 g/mol. The van der Waals surface area contributed by atoms with Crippen LogP contribution in [0.15, 0.2) is 168 Å². The van der Waals surface area contributed by atoms with Crippen molar-refractivity contribution < 1.29 is 9.15 Å². The van der Waals surface area contributed by atoms with Gasteiger partial charge in [-0.3, -0.25) is 0 Å². The van der Waals surface area contributed by atoms with Gasteiger partial charge in [0, 0.05) is 44.3 Å². The minimum Gasteiger partial charge on any atom is -0.457 e. The van der Waals surface area contributed by atoms with Gasteiger partial charge in [0.15, 0.2) is 0 Å². The molecule has 0 unspecified atom stereocenters. The molecule has 1 aliphatic heterocycles. The maximum absolute atomic E-state index is 6.84. The summed E-state index contributed by atoms with van der Waals surface area (Å²) in [7, 11) is 0. The van der Waals surface area contributed by atoms with Crippen LogP contribution in [0.3, 0.4) is 0 Å². The maximum Gasteiger partial charge on any atom is 0.136 e. The van der Waals surface area contributed by atoms with Gasteiger partial charge in [0.25, 0.3) is 0 Å². The Hall–Kier alpha value is -6.06. The fourth-order valence-corrected chi connectivity index (χ4v) is 11.7. The molecule has 5 aliphatic rings. The normalized spacial score (nSPS) is 23.1. The van der Waals surface area contributed by atoms with Gasteiger partial charge in [-0.2, -0.15) is 0 Å². The number of ether oxygens (including phenoxy) is 1. The van der Waals surface area contributed by atoms with E-state index in [0.717, 1.165) is 73.5 Å². The molecule has 0 atom stereocenters. The predicted octanol–water partition coefficient (Wildman–Crippen LogP) is 14.2. The number of hydrogen-bond acceptors (Lipinski definition) is 3. The molecule has 55 heavy (non-hydrogen) atoms. The summed E-state index contributed by atoms with van der Waals surface area (Å²) >= 11 is 0. The van der Waals surface area contributed by atoms with Gasteiger partial charge in [-0.1, -0.05) is 103 Å². The van der Waals surface area contributed by atoms with E-state index in [4.69, 9.17) is 9.15 Å². The fourth-order valence-electron chi connectivity index (χ4n) is 11.7. The molecule has 2 heterocycles. The molecular formula is C52H41NO2. The molecule has 4 aliphatic carbocycles. The van der Waals surface area contributed by atoms with Gasteiger partial charge < -0.3 is 14.1 Å². The third-order valence-electron chi connectivity index (χ3n) is 13.7. The number of furan rings is 1. The van der Waals surface area contributed by atoms with Gasteiger partial charge in [0.2, 0.25) is 0 Å². The van der Waals surface area contributed by atoms with Crippen molar-refractivity contribution in [2.45, 2.75) is 37.5 Å². The third-order valence-corrected chi connectivity index (χ3v) is 13.7. The molecular weight excluding hydrogens is 671 g/mol. The van der Waals surface area contributed by atoms with E-state index in [1.165, 1.54) is 54.4 Å². The molecule has 0 amide bonds. The first-order valence-electron chi connectivity index (χ1n) is 20.1. The van der Waals surface area contributed by atoms with Gasteiger partial charge in [-0.05, 0) is 133 Å². The number of fused-ring (bicyclic) bond motifs is 5. The minimum atomic E-state index is -0.0304. The Labute approximate surface area is 321 Å². The highest BCUT2D eigenvalue weighted by atomic mass is 16.5. The Bertz CT molecular complexity index is 2730. The summed E-state index contributed by atoms with van der Waals surface area (Å²) in [5.41, 5.74) is 12.7.